The minimum Gasteiger partial charge on any atom is -0.267 e. The number of nitrogens with zero attached hydrogens (tertiary/aromatic N) is 2. The lowest BCUT2D eigenvalue weighted by Gasteiger charge is -2.14. The fourth-order valence-electron chi connectivity index (χ4n) is 0.935. The zero-order chi connectivity index (χ0) is 8.23. The van der Waals surface area contributed by atoms with Crippen molar-refractivity contribution in [1.29, 1.82) is 0 Å². The van der Waals surface area contributed by atoms with Crippen molar-refractivity contribution in [1.82, 2.24) is 0 Å². The molecule has 0 saturated heterocycles. The monoisotopic (exact) mass is 196 g/mol. The minimum atomic E-state index is 0.338. The Balaban J connectivity index is 2.09. The summed E-state index contributed by atoms with van der Waals surface area (Å²) in [4.78, 5) is 8.40. The topological polar surface area (TPSA) is 24.7 Å². The molecule has 1 unspecified atom stereocenters. The lowest BCUT2D eigenvalue weighted by molar-refractivity contribution is 1.46. The molecule has 0 aromatic carbocycles. The molecule has 2 rings (SSSR count). The third-order valence-corrected chi connectivity index (χ3v) is 3.55. The fraction of sp³-hybridized carbons (Fsp3) is 0.250. The van der Waals surface area contributed by atoms with Crippen LogP contribution in [0.4, 0.5) is 0 Å². The van der Waals surface area contributed by atoms with Gasteiger partial charge >= 0.3 is 0 Å². The maximum atomic E-state index is 4.31. The minimum absolute atomic E-state index is 0.338. The Kier molecular flexibility index (Phi) is 2.68. The van der Waals surface area contributed by atoms with E-state index in [9.17, 15) is 0 Å². The molecular weight excluding hydrogens is 188 g/mol. The summed E-state index contributed by atoms with van der Waals surface area (Å²) in [6.07, 6.45) is 7.69. The van der Waals surface area contributed by atoms with Gasteiger partial charge in [0.05, 0.1) is 10.3 Å². The zero-order valence-corrected chi connectivity index (χ0v) is 8.02. The van der Waals surface area contributed by atoms with Crippen LogP contribution in [-0.2, 0) is 0 Å². The van der Waals surface area contributed by atoms with Crippen LogP contribution in [0.25, 0.3) is 0 Å². The molecule has 62 valence electrons. The van der Waals surface area contributed by atoms with E-state index in [1.807, 2.05) is 24.0 Å². The van der Waals surface area contributed by atoms with Gasteiger partial charge in [-0.05, 0) is 5.41 Å². The third kappa shape index (κ3) is 1.81. The van der Waals surface area contributed by atoms with Crippen molar-refractivity contribution >= 4 is 34.8 Å². The van der Waals surface area contributed by atoms with E-state index in [1.54, 1.807) is 23.5 Å². The molecule has 0 amide bonds. The van der Waals surface area contributed by atoms with Gasteiger partial charge in [0.1, 0.15) is 0 Å². The highest BCUT2D eigenvalue weighted by Gasteiger charge is 2.15. The standard InChI is InChI=1S/C8H8N2S2/c1-2-10-8(12-4-1)7-6-9-3-5-11-7/h1-3,5-7H,4H2. The number of aliphatic imine (C=N–C) groups is 2. The van der Waals surface area contributed by atoms with Gasteiger partial charge in [-0.25, -0.2) is 0 Å². The summed E-state index contributed by atoms with van der Waals surface area (Å²) >= 11 is 3.54. The first-order valence-electron chi connectivity index (χ1n) is 3.66. The van der Waals surface area contributed by atoms with E-state index in [4.69, 9.17) is 0 Å². The van der Waals surface area contributed by atoms with Crippen LogP contribution < -0.4 is 0 Å². The molecule has 2 aliphatic rings. The van der Waals surface area contributed by atoms with Crippen molar-refractivity contribution in [2.75, 3.05) is 5.75 Å². The predicted molar refractivity (Wildman–Crippen MR) is 58.0 cm³/mol. The Hall–Kier alpha value is -0.480. The van der Waals surface area contributed by atoms with Gasteiger partial charge in [0.15, 0.2) is 0 Å². The Morgan fingerprint density at radius 1 is 1.42 bits per heavy atom. The van der Waals surface area contributed by atoms with Crippen LogP contribution in [0.3, 0.4) is 0 Å². The Morgan fingerprint density at radius 2 is 2.42 bits per heavy atom. The molecule has 12 heavy (non-hydrogen) atoms. The maximum Gasteiger partial charge on any atom is 0.0924 e. The number of rotatable bonds is 1. The first-order valence-corrected chi connectivity index (χ1v) is 5.59. The van der Waals surface area contributed by atoms with E-state index in [-0.39, 0.29) is 0 Å². The van der Waals surface area contributed by atoms with Crippen LogP contribution in [0, 0.1) is 0 Å². The van der Waals surface area contributed by atoms with E-state index in [2.05, 4.69) is 16.1 Å². The molecule has 4 heteroatoms. The second kappa shape index (κ2) is 3.96. The van der Waals surface area contributed by atoms with Crippen LogP contribution in [0.1, 0.15) is 0 Å². The van der Waals surface area contributed by atoms with Crippen LogP contribution in [0.5, 0.6) is 0 Å². The summed E-state index contributed by atoms with van der Waals surface area (Å²) in [5, 5.41) is 3.51. The van der Waals surface area contributed by atoms with E-state index in [0.29, 0.717) is 5.25 Å². The SMILES string of the molecule is C1=CN=C(C2C=NC=CS2)SC1. The molecule has 0 bridgehead atoms. The molecule has 2 aliphatic heterocycles. The lowest BCUT2D eigenvalue weighted by atomic mass is 10.5. The van der Waals surface area contributed by atoms with Gasteiger partial charge in [-0.2, -0.15) is 0 Å². The van der Waals surface area contributed by atoms with Gasteiger partial charge in [0.2, 0.25) is 0 Å². The molecule has 0 aromatic heterocycles. The molecule has 0 aromatic rings. The van der Waals surface area contributed by atoms with E-state index < -0.39 is 0 Å². The highest BCUT2D eigenvalue weighted by atomic mass is 32.2. The van der Waals surface area contributed by atoms with Gasteiger partial charge in [0, 0.05) is 24.4 Å². The molecule has 1 atom stereocenters. The van der Waals surface area contributed by atoms with Crippen molar-refractivity contribution in [3.05, 3.63) is 23.9 Å². The first kappa shape index (κ1) is 8.13. The van der Waals surface area contributed by atoms with Crippen LogP contribution >= 0.6 is 23.5 Å². The summed E-state index contributed by atoms with van der Waals surface area (Å²) in [5.74, 6) is 1.04. The Labute approximate surface area is 79.9 Å². The lowest BCUT2D eigenvalue weighted by Crippen LogP contribution is -2.17. The maximum absolute atomic E-state index is 4.31. The molecule has 0 radical (unpaired) electrons. The Bertz CT molecular complexity index is 279. The average Bonchev–Trinajstić information content (AvgIpc) is 2.21. The molecular formula is C8H8N2S2. The van der Waals surface area contributed by atoms with E-state index in [0.717, 1.165) is 10.8 Å². The predicted octanol–water partition coefficient (Wildman–Crippen LogP) is 2.30. The Morgan fingerprint density at radius 3 is 3.08 bits per heavy atom. The van der Waals surface area contributed by atoms with E-state index in [1.165, 1.54) is 0 Å². The highest BCUT2D eigenvalue weighted by molar-refractivity contribution is 8.17. The summed E-state index contributed by atoms with van der Waals surface area (Å²) in [5.41, 5.74) is 0. The van der Waals surface area contributed by atoms with Gasteiger partial charge < -0.3 is 0 Å². The van der Waals surface area contributed by atoms with Crippen molar-refractivity contribution < 1.29 is 0 Å². The van der Waals surface area contributed by atoms with Crippen molar-refractivity contribution in [3.8, 4) is 0 Å². The van der Waals surface area contributed by atoms with Crippen LogP contribution in [-0.4, -0.2) is 22.3 Å². The normalized spacial score (nSPS) is 27.3. The summed E-state index contributed by atoms with van der Waals surface area (Å²) in [7, 11) is 0. The van der Waals surface area contributed by atoms with Crippen molar-refractivity contribution in [3.63, 3.8) is 0 Å². The van der Waals surface area contributed by atoms with Crippen molar-refractivity contribution in [2.45, 2.75) is 5.25 Å². The number of hydrogen-bond donors (Lipinski definition) is 0. The fourth-order valence-corrected chi connectivity index (χ4v) is 2.65. The van der Waals surface area contributed by atoms with Gasteiger partial charge in [0.25, 0.3) is 0 Å². The molecule has 2 nitrogen and oxygen atoms in total. The molecule has 0 N–H and O–H groups in total. The van der Waals surface area contributed by atoms with Crippen molar-refractivity contribution in [2.24, 2.45) is 9.98 Å². The smallest absolute Gasteiger partial charge is 0.0924 e. The van der Waals surface area contributed by atoms with Crippen LogP contribution in [0.2, 0.25) is 0 Å². The molecule has 0 spiro atoms. The quantitative estimate of drug-likeness (QED) is 0.643. The second-order valence-electron chi connectivity index (χ2n) is 2.30. The molecule has 0 fully saturated rings. The summed E-state index contributed by atoms with van der Waals surface area (Å²) in [6.45, 7) is 0. The second-order valence-corrected chi connectivity index (χ2v) is 4.40. The number of thioether (sulfide) groups is 2. The van der Waals surface area contributed by atoms with Gasteiger partial charge in [-0.3, -0.25) is 9.98 Å². The summed E-state index contributed by atoms with van der Waals surface area (Å²) in [6, 6.07) is 0. The highest BCUT2D eigenvalue weighted by Crippen LogP contribution is 2.23. The first-order chi connectivity index (χ1) is 5.97. The number of hydrogen-bond acceptors (Lipinski definition) is 4. The third-order valence-electron chi connectivity index (χ3n) is 1.47. The molecule has 2 heterocycles. The molecule has 0 aliphatic carbocycles. The van der Waals surface area contributed by atoms with Gasteiger partial charge in [-0.1, -0.05) is 6.08 Å². The van der Waals surface area contributed by atoms with Gasteiger partial charge in [-0.15, -0.1) is 23.5 Å². The average molecular weight is 196 g/mol. The summed E-state index contributed by atoms with van der Waals surface area (Å²) < 4.78 is 0. The van der Waals surface area contributed by atoms with Crippen LogP contribution in [0.15, 0.2) is 33.9 Å². The largest absolute Gasteiger partial charge is 0.267 e. The van der Waals surface area contributed by atoms with E-state index >= 15 is 0 Å². The molecule has 0 saturated carbocycles. The zero-order valence-electron chi connectivity index (χ0n) is 6.38.